The van der Waals surface area contributed by atoms with E-state index in [2.05, 4.69) is 84.9 Å². The molecule has 0 bridgehead atoms. The van der Waals surface area contributed by atoms with Crippen molar-refractivity contribution in [3.8, 4) is 44.5 Å². The summed E-state index contributed by atoms with van der Waals surface area (Å²) >= 11 is 0. The number of benzene rings is 8. The van der Waals surface area contributed by atoms with Gasteiger partial charge in [0.2, 0.25) is 0 Å². The molecule has 0 radical (unpaired) electrons. The average Bonchev–Trinajstić information content (AvgIpc) is 3.55. The second kappa shape index (κ2) is 10.4. The molecule has 0 amide bonds. The van der Waals surface area contributed by atoms with E-state index in [4.69, 9.17) is 11.3 Å². The molecule has 0 aliphatic carbocycles. The van der Waals surface area contributed by atoms with Crippen molar-refractivity contribution in [1.82, 2.24) is 0 Å². The lowest BCUT2D eigenvalue weighted by atomic mass is 9.82. The molecule has 9 aromatic rings. The zero-order valence-electron chi connectivity index (χ0n) is 29.2. The Morgan fingerprint density at radius 1 is 0.378 bits per heavy atom. The Bertz CT molecular complexity index is 2730. The maximum atomic E-state index is 9.03. The number of furan rings is 1. The minimum atomic E-state index is -0.418. The fraction of sp³-hybridized carbons (Fsp3) is 0. The van der Waals surface area contributed by atoms with Gasteiger partial charge in [-0.15, -0.1) is 0 Å². The zero-order valence-corrected chi connectivity index (χ0v) is 24.2. The van der Waals surface area contributed by atoms with Crippen LogP contribution < -0.4 is 0 Å². The van der Waals surface area contributed by atoms with Crippen molar-refractivity contribution in [2.24, 2.45) is 0 Å². The van der Waals surface area contributed by atoms with Crippen molar-refractivity contribution in [3.05, 3.63) is 170 Å². The summed E-state index contributed by atoms with van der Waals surface area (Å²) in [5, 5.41) is 5.78. The van der Waals surface area contributed by atoms with Gasteiger partial charge >= 0.3 is 0 Å². The SMILES string of the molecule is [2H]c1c([2H])c([2H])c(-c2ccc3oc4ccccc4c3c2-c2c3ccccc3c(-c3cccc(-c4ccccc4)c3)c3ccccc23)c([2H])c1[2H]. The third kappa shape index (κ3) is 4.09. The van der Waals surface area contributed by atoms with Crippen molar-refractivity contribution in [2.75, 3.05) is 0 Å². The summed E-state index contributed by atoms with van der Waals surface area (Å²) in [6.07, 6.45) is 0. The summed E-state index contributed by atoms with van der Waals surface area (Å²) < 4.78 is 49.9. The van der Waals surface area contributed by atoms with Gasteiger partial charge in [-0.2, -0.15) is 0 Å². The quantitative estimate of drug-likeness (QED) is 0.190. The van der Waals surface area contributed by atoms with E-state index < -0.39 is 6.04 Å². The Morgan fingerprint density at radius 3 is 1.67 bits per heavy atom. The van der Waals surface area contributed by atoms with Crippen LogP contribution in [0.2, 0.25) is 0 Å². The molecule has 0 unspecified atom stereocenters. The highest BCUT2D eigenvalue weighted by atomic mass is 16.3. The van der Waals surface area contributed by atoms with Gasteiger partial charge in [-0.1, -0.05) is 152 Å². The molecule has 8 aromatic carbocycles. The molecule has 1 heteroatoms. The molecular weight excluding hydrogens is 544 g/mol. The van der Waals surface area contributed by atoms with Crippen LogP contribution in [0.25, 0.3) is 88.0 Å². The van der Waals surface area contributed by atoms with Gasteiger partial charge in [-0.3, -0.25) is 0 Å². The largest absolute Gasteiger partial charge is 0.456 e. The maximum absolute atomic E-state index is 9.03. The number of fused-ring (bicyclic) bond motifs is 5. The third-order valence-corrected chi connectivity index (χ3v) is 8.75. The Kier molecular flexibility index (Phi) is 4.81. The molecule has 0 saturated heterocycles. The summed E-state index contributed by atoms with van der Waals surface area (Å²) in [5.74, 6) is 0. The highest BCUT2D eigenvalue weighted by Crippen LogP contribution is 2.50. The molecule has 1 nitrogen and oxygen atoms in total. The van der Waals surface area contributed by atoms with Crippen LogP contribution in [0, 0.1) is 0 Å². The molecule has 0 aliphatic heterocycles. The van der Waals surface area contributed by atoms with Crippen LogP contribution >= 0.6 is 0 Å². The van der Waals surface area contributed by atoms with Gasteiger partial charge in [0.25, 0.3) is 0 Å². The van der Waals surface area contributed by atoms with E-state index in [-0.39, 0.29) is 29.7 Å². The Labute approximate surface area is 268 Å². The average molecular weight is 578 g/mol. The summed E-state index contributed by atoms with van der Waals surface area (Å²) in [7, 11) is 0. The van der Waals surface area contributed by atoms with Crippen molar-refractivity contribution < 1.29 is 11.3 Å². The molecule has 210 valence electrons. The summed E-state index contributed by atoms with van der Waals surface area (Å²) in [4.78, 5) is 0. The molecule has 0 N–H and O–H groups in total. The predicted molar refractivity (Wildman–Crippen MR) is 190 cm³/mol. The van der Waals surface area contributed by atoms with Gasteiger partial charge in [-0.05, 0) is 78.7 Å². The summed E-state index contributed by atoms with van der Waals surface area (Å²) in [6, 6.07) is 45.6. The van der Waals surface area contributed by atoms with E-state index in [1.165, 1.54) is 0 Å². The topological polar surface area (TPSA) is 13.1 Å². The van der Waals surface area contributed by atoms with Crippen LogP contribution in [-0.4, -0.2) is 0 Å². The second-order valence-electron chi connectivity index (χ2n) is 11.2. The molecule has 1 heterocycles. The smallest absolute Gasteiger partial charge is 0.136 e. The highest BCUT2D eigenvalue weighted by molar-refractivity contribution is 6.27. The van der Waals surface area contributed by atoms with Crippen LogP contribution in [-0.2, 0) is 0 Å². The van der Waals surface area contributed by atoms with E-state index in [1.54, 1.807) is 0 Å². The fourth-order valence-corrected chi connectivity index (χ4v) is 6.86. The van der Waals surface area contributed by atoms with Crippen LogP contribution in [0.3, 0.4) is 0 Å². The van der Waals surface area contributed by atoms with E-state index in [0.717, 1.165) is 65.7 Å². The lowest BCUT2D eigenvalue weighted by Crippen LogP contribution is -1.94. The van der Waals surface area contributed by atoms with E-state index in [1.807, 2.05) is 54.6 Å². The number of rotatable bonds is 4. The minimum Gasteiger partial charge on any atom is -0.456 e. The van der Waals surface area contributed by atoms with Crippen LogP contribution in [0.15, 0.2) is 174 Å². The number of hydrogen-bond acceptors (Lipinski definition) is 1. The molecule has 0 saturated carbocycles. The molecule has 0 atom stereocenters. The van der Waals surface area contributed by atoms with Crippen molar-refractivity contribution in [2.45, 2.75) is 0 Å². The maximum Gasteiger partial charge on any atom is 0.136 e. The first kappa shape index (κ1) is 20.9. The fourth-order valence-electron chi connectivity index (χ4n) is 6.86. The lowest BCUT2D eigenvalue weighted by Gasteiger charge is -2.20. The van der Waals surface area contributed by atoms with E-state index >= 15 is 0 Å². The summed E-state index contributed by atoms with van der Waals surface area (Å²) in [5.41, 5.74) is 8.21. The van der Waals surface area contributed by atoms with Gasteiger partial charge < -0.3 is 4.42 Å². The van der Waals surface area contributed by atoms with Crippen molar-refractivity contribution >= 4 is 43.5 Å². The molecule has 9 rings (SSSR count). The Morgan fingerprint density at radius 2 is 0.956 bits per heavy atom. The van der Waals surface area contributed by atoms with Crippen LogP contribution in [0.1, 0.15) is 6.85 Å². The van der Waals surface area contributed by atoms with Gasteiger partial charge in [0.05, 0.1) is 6.85 Å². The predicted octanol–water partition coefficient (Wildman–Crippen LogP) is 12.6. The zero-order chi connectivity index (χ0) is 34.1. The number of para-hydroxylation sites is 1. The Balaban J connectivity index is 1.47. The standard InChI is InChI=1S/C44H28O/c1-3-14-29(15-4-1)31-18-13-19-32(28-31)41-34-20-7-9-22-36(34)42(37-23-10-8-21-35(37)41)44-33(30-16-5-2-6-17-30)26-27-40-43(44)38-24-11-12-25-39(38)45-40/h1-28H/i2D,5D,6D,16D,17D. The minimum absolute atomic E-state index is 0.158. The molecular formula is C44H28O. The van der Waals surface area contributed by atoms with E-state index in [0.29, 0.717) is 16.7 Å². The van der Waals surface area contributed by atoms with Gasteiger partial charge in [-0.25, -0.2) is 0 Å². The van der Waals surface area contributed by atoms with Crippen LogP contribution in [0.5, 0.6) is 0 Å². The van der Waals surface area contributed by atoms with Crippen molar-refractivity contribution in [3.63, 3.8) is 0 Å². The van der Waals surface area contributed by atoms with Gasteiger partial charge in [0, 0.05) is 16.3 Å². The van der Waals surface area contributed by atoms with E-state index in [9.17, 15) is 0 Å². The van der Waals surface area contributed by atoms with Gasteiger partial charge in [0.1, 0.15) is 11.2 Å². The first-order valence-corrected chi connectivity index (χ1v) is 15.0. The number of hydrogen-bond donors (Lipinski definition) is 0. The first-order valence-electron chi connectivity index (χ1n) is 17.5. The normalized spacial score (nSPS) is 13.1. The van der Waals surface area contributed by atoms with Gasteiger partial charge in [0.15, 0.2) is 0 Å². The molecule has 1 aromatic heterocycles. The Hall–Kier alpha value is -5.92. The highest BCUT2D eigenvalue weighted by Gasteiger charge is 2.23. The summed E-state index contributed by atoms with van der Waals surface area (Å²) in [6.45, 7) is 0. The van der Waals surface area contributed by atoms with Crippen LogP contribution in [0.4, 0.5) is 0 Å². The monoisotopic (exact) mass is 577 g/mol. The molecule has 45 heavy (non-hydrogen) atoms. The third-order valence-electron chi connectivity index (χ3n) is 8.75. The van der Waals surface area contributed by atoms with Crippen molar-refractivity contribution in [1.29, 1.82) is 0 Å². The first-order chi connectivity index (χ1) is 24.4. The lowest BCUT2D eigenvalue weighted by molar-refractivity contribution is 0.669. The molecule has 0 spiro atoms. The second-order valence-corrected chi connectivity index (χ2v) is 11.2. The molecule has 0 aliphatic rings. The molecule has 0 fully saturated rings.